The Balaban J connectivity index is 1.56. The Morgan fingerprint density at radius 2 is 1.84 bits per heavy atom. The molecule has 0 aliphatic rings. The molecule has 2 aromatic carbocycles. The summed E-state index contributed by atoms with van der Waals surface area (Å²) >= 11 is 4.82. The van der Waals surface area contributed by atoms with Crippen molar-refractivity contribution in [3.63, 3.8) is 0 Å². The minimum absolute atomic E-state index is 0.0823. The summed E-state index contributed by atoms with van der Waals surface area (Å²) < 4.78 is 0.998. The Morgan fingerprint density at radius 3 is 2.56 bits per heavy atom. The molecule has 4 nitrogen and oxygen atoms in total. The van der Waals surface area contributed by atoms with Crippen LogP contribution in [0, 0.1) is 0 Å². The van der Waals surface area contributed by atoms with E-state index in [1.165, 1.54) is 16.9 Å². The van der Waals surface area contributed by atoms with Gasteiger partial charge in [-0.1, -0.05) is 76.7 Å². The summed E-state index contributed by atoms with van der Waals surface area (Å²) in [5.74, 6) is 0.279. The number of benzene rings is 2. The van der Waals surface area contributed by atoms with Gasteiger partial charge in [0, 0.05) is 10.9 Å². The fourth-order valence-electron chi connectivity index (χ4n) is 2.50. The highest BCUT2D eigenvalue weighted by Gasteiger charge is 2.12. The van der Waals surface area contributed by atoms with Gasteiger partial charge in [0.15, 0.2) is 0 Å². The molecule has 0 bridgehead atoms. The Morgan fingerprint density at radius 1 is 1.12 bits per heavy atom. The van der Waals surface area contributed by atoms with Gasteiger partial charge in [-0.05, 0) is 29.2 Å². The van der Waals surface area contributed by atoms with Gasteiger partial charge in [-0.15, -0.1) is 10.2 Å². The summed E-state index contributed by atoms with van der Waals surface area (Å²) in [6.07, 6.45) is 1.13. The van der Waals surface area contributed by atoms with Crippen LogP contribution >= 0.6 is 27.3 Å². The summed E-state index contributed by atoms with van der Waals surface area (Å²) in [7, 11) is 0. The van der Waals surface area contributed by atoms with Crippen molar-refractivity contribution in [3.8, 4) is 0 Å². The molecule has 1 amide bonds. The fourth-order valence-corrected chi connectivity index (χ4v) is 3.65. The van der Waals surface area contributed by atoms with Crippen molar-refractivity contribution >= 4 is 38.3 Å². The van der Waals surface area contributed by atoms with Crippen molar-refractivity contribution in [2.75, 3.05) is 5.32 Å². The number of carbonyl (C=O) groups excluding carboxylic acids is 1. The van der Waals surface area contributed by atoms with Crippen molar-refractivity contribution in [2.45, 2.75) is 25.7 Å². The van der Waals surface area contributed by atoms with Crippen molar-refractivity contribution in [2.24, 2.45) is 0 Å². The number of nitrogens with one attached hydrogen (secondary N) is 1. The van der Waals surface area contributed by atoms with Crippen molar-refractivity contribution in [1.82, 2.24) is 10.2 Å². The molecule has 0 saturated heterocycles. The third-order valence-electron chi connectivity index (χ3n) is 3.84. The maximum absolute atomic E-state index is 12.1. The molecule has 0 fully saturated rings. The molecule has 0 aliphatic heterocycles. The molecule has 6 heteroatoms. The molecule has 25 heavy (non-hydrogen) atoms. The molecule has 0 saturated carbocycles. The number of carbonyl (C=O) groups is 1. The molecule has 1 aromatic heterocycles. The van der Waals surface area contributed by atoms with Crippen LogP contribution in [0.5, 0.6) is 0 Å². The first-order chi connectivity index (χ1) is 12.1. The molecule has 0 radical (unpaired) electrons. The summed E-state index contributed by atoms with van der Waals surface area (Å²) in [6, 6.07) is 18.0. The van der Waals surface area contributed by atoms with E-state index in [0.29, 0.717) is 17.5 Å². The summed E-state index contributed by atoms with van der Waals surface area (Å²) in [6.45, 7) is 2.17. The fraction of sp³-hybridized carbons (Fsp3) is 0.211. The first-order valence-corrected chi connectivity index (χ1v) is 9.63. The number of nitrogens with zero attached hydrogens (tertiary/aromatic N) is 2. The highest BCUT2D eigenvalue weighted by Crippen LogP contribution is 2.24. The lowest BCUT2D eigenvalue weighted by atomic mass is 9.98. The summed E-state index contributed by atoms with van der Waals surface area (Å²) in [5.41, 5.74) is 2.24. The number of halogens is 1. The van der Waals surface area contributed by atoms with Crippen molar-refractivity contribution in [3.05, 3.63) is 75.2 Å². The Labute approximate surface area is 159 Å². The molecule has 3 rings (SSSR count). The first-order valence-electron chi connectivity index (χ1n) is 8.02. The SMILES string of the molecule is CC(Cc1nnc(NC(=O)Cc2ccc(Br)cc2)s1)c1ccccc1. The van der Waals surface area contributed by atoms with Gasteiger partial charge >= 0.3 is 0 Å². The third-order valence-corrected chi connectivity index (χ3v) is 5.23. The quantitative estimate of drug-likeness (QED) is 0.627. The minimum Gasteiger partial charge on any atom is -0.300 e. The van der Waals surface area contributed by atoms with Gasteiger partial charge in [-0.2, -0.15) is 0 Å². The lowest BCUT2D eigenvalue weighted by molar-refractivity contribution is -0.115. The molecule has 128 valence electrons. The first kappa shape index (κ1) is 17.8. The van der Waals surface area contributed by atoms with E-state index >= 15 is 0 Å². The molecule has 1 N–H and O–H groups in total. The van der Waals surface area contributed by atoms with Gasteiger partial charge in [0.25, 0.3) is 0 Å². The van der Waals surface area contributed by atoms with Crippen LogP contribution in [0.2, 0.25) is 0 Å². The van der Waals surface area contributed by atoms with Crippen LogP contribution in [0.4, 0.5) is 5.13 Å². The molecular formula is C19H18BrN3OS. The highest BCUT2D eigenvalue weighted by atomic mass is 79.9. The maximum Gasteiger partial charge on any atom is 0.230 e. The van der Waals surface area contributed by atoms with Gasteiger partial charge in [-0.25, -0.2) is 0 Å². The second kappa shape index (κ2) is 8.36. The van der Waals surface area contributed by atoms with Crippen LogP contribution < -0.4 is 5.32 Å². The van der Waals surface area contributed by atoms with E-state index in [4.69, 9.17) is 0 Å². The minimum atomic E-state index is -0.0823. The van der Waals surface area contributed by atoms with Gasteiger partial charge < -0.3 is 5.32 Å². The monoisotopic (exact) mass is 415 g/mol. The van der Waals surface area contributed by atoms with Gasteiger partial charge in [-0.3, -0.25) is 4.79 Å². The van der Waals surface area contributed by atoms with E-state index in [-0.39, 0.29) is 5.91 Å². The Kier molecular flexibility index (Phi) is 5.94. The number of anilines is 1. The van der Waals surface area contributed by atoms with Crippen LogP contribution in [0.1, 0.15) is 29.0 Å². The molecule has 1 unspecified atom stereocenters. The zero-order valence-electron chi connectivity index (χ0n) is 13.8. The molecule has 3 aromatic rings. The lowest BCUT2D eigenvalue weighted by Gasteiger charge is -2.08. The van der Waals surface area contributed by atoms with E-state index in [0.717, 1.165) is 21.5 Å². The Bertz CT molecular complexity index is 833. The van der Waals surface area contributed by atoms with E-state index in [9.17, 15) is 4.79 Å². The average Bonchev–Trinajstić information content (AvgIpc) is 3.04. The number of aromatic nitrogens is 2. The topological polar surface area (TPSA) is 54.9 Å². The predicted octanol–water partition coefficient (Wildman–Crippen LogP) is 4.83. The van der Waals surface area contributed by atoms with E-state index in [2.05, 4.69) is 50.5 Å². The number of hydrogen-bond acceptors (Lipinski definition) is 4. The molecule has 1 heterocycles. The van der Waals surface area contributed by atoms with Gasteiger partial charge in [0.1, 0.15) is 5.01 Å². The number of hydrogen-bond donors (Lipinski definition) is 1. The number of rotatable bonds is 6. The molecule has 0 spiro atoms. The lowest BCUT2D eigenvalue weighted by Crippen LogP contribution is -2.14. The largest absolute Gasteiger partial charge is 0.300 e. The zero-order chi connectivity index (χ0) is 17.6. The Hall–Kier alpha value is -2.05. The van der Waals surface area contributed by atoms with Gasteiger partial charge in [0.2, 0.25) is 11.0 Å². The highest BCUT2D eigenvalue weighted by molar-refractivity contribution is 9.10. The molecule has 1 atom stereocenters. The molecule has 0 aliphatic carbocycles. The summed E-state index contributed by atoms with van der Waals surface area (Å²) in [5, 5.41) is 12.6. The smallest absolute Gasteiger partial charge is 0.230 e. The average molecular weight is 416 g/mol. The normalized spacial score (nSPS) is 11.9. The maximum atomic E-state index is 12.1. The standard InChI is InChI=1S/C19H18BrN3OS/c1-13(15-5-3-2-4-6-15)11-18-22-23-19(25-18)21-17(24)12-14-7-9-16(20)10-8-14/h2-10,13H,11-12H2,1H3,(H,21,23,24). The van der Waals surface area contributed by atoms with E-state index < -0.39 is 0 Å². The van der Waals surface area contributed by atoms with Crippen LogP contribution in [0.25, 0.3) is 0 Å². The van der Waals surface area contributed by atoms with Crippen LogP contribution in [0.15, 0.2) is 59.1 Å². The van der Waals surface area contributed by atoms with Crippen molar-refractivity contribution < 1.29 is 4.79 Å². The predicted molar refractivity (Wildman–Crippen MR) is 105 cm³/mol. The van der Waals surface area contributed by atoms with Gasteiger partial charge in [0.05, 0.1) is 6.42 Å². The third kappa shape index (κ3) is 5.21. The zero-order valence-corrected chi connectivity index (χ0v) is 16.2. The van der Waals surface area contributed by atoms with Crippen LogP contribution in [-0.2, 0) is 17.6 Å². The van der Waals surface area contributed by atoms with Crippen LogP contribution in [-0.4, -0.2) is 16.1 Å². The number of amides is 1. The second-order valence-corrected chi connectivity index (χ2v) is 7.85. The van der Waals surface area contributed by atoms with E-state index in [1.54, 1.807) is 0 Å². The van der Waals surface area contributed by atoms with Crippen LogP contribution in [0.3, 0.4) is 0 Å². The second-order valence-electron chi connectivity index (χ2n) is 5.87. The van der Waals surface area contributed by atoms with E-state index in [1.807, 2.05) is 42.5 Å². The summed E-state index contributed by atoms with van der Waals surface area (Å²) in [4.78, 5) is 12.1. The van der Waals surface area contributed by atoms with Crippen molar-refractivity contribution in [1.29, 1.82) is 0 Å². The molecular weight excluding hydrogens is 398 g/mol.